The zero-order valence-electron chi connectivity index (χ0n) is 41.9. The molecule has 2 aliphatic heterocycles. The molecule has 0 aliphatic carbocycles. The van der Waals surface area contributed by atoms with Crippen LogP contribution in [0.2, 0.25) is 0 Å². The summed E-state index contributed by atoms with van der Waals surface area (Å²) in [5.41, 5.74) is 14.2. The van der Waals surface area contributed by atoms with Crippen molar-refractivity contribution in [3.05, 3.63) is 68.8 Å². The Bertz CT molecular complexity index is 2320. The minimum Gasteiger partial charge on any atom is -0.481 e. The maximum Gasteiger partial charge on any atom is 0.303 e. The molecule has 5 heterocycles. The molecule has 3 aromatic rings. The van der Waals surface area contributed by atoms with Crippen molar-refractivity contribution in [2.24, 2.45) is 0 Å². The summed E-state index contributed by atoms with van der Waals surface area (Å²) in [7, 11) is 0. The molecular weight excluding hydrogens is 825 g/mol. The second-order valence-electron chi connectivity index (χ2n) is 19.0. The van der Waals surface area contributed by atoms with Crippen LogP contribution in [0.25, 0.3) is 44.9 Å². The van der Waals surface area contributed by atoms with E-state index in [2.05, 4.69) is 76.6 Å². The number of rotatable bonds is 30. The molecule has 10 nitrogen and oxygen atoms in total. The summed E-state index contributed by atoms with van der Waals surface area (Å²) >= 11 is 0. The first-order valence-corrected chi connectivity index (χ1v) is 25.7. The maximum absolute atomic E-state index is 12.1. The molecule has 0 saturated heterocycles. The van der Waals surface area contributed by atoms with Gasteiger partial charge in [-0.2, -0.15) is 0 Å². The van der Waals surface area contributed by atoms with Crippen LogP contribution in [-0.4, -0.2) is 55.3 Å². The number of hydrogen-bond acceptors (Lipinski definition) is 6. The standard InChI is InChI=1S/C56H82N4O6/c1-9-11-13-15-17-19-21-23-25-31-65-41(7)53-49-33-37(3)45(57-49)35-46-39(5)43(27-29-51(61)62)47(58-46)36-48-44(28-30-52(63)64)40(6)56(59-48)54(50-34-38(4)55(53)60-50)42(8)66-32-26-24-22-20-18-16-14-12-10-2/h33-36,41-42,57,59H,9-32H2,1-8H3,(H,61,62)(H,63,64). The van der Waals surface area contributed by atoms with E-state index in [9.17, 15) is 19.8 Å². The molecule has 0 amide bonds. The topological polar surface area (TPSA) is 150 Å². The van der Waals surface area contributed by atoms with E-state index in [1.807, 2.05) is 13.0 Å². The number of ether oxygens (including phenoxy) is 2. The molecule has 2 unspecified atom stereocenters. The van der Waals surface area contributed by atoms with Crippen LogP contribution in [0.5, 0.6) is 0 Å². The zero-order chi connectivity index (χ0) is 47.6. The van der Waals surface area contributed by atoms with Crippen LogP contribution in [0.3, 0.4) is 0 Å². The molecule has 0 radical (unpaired) electrons. The van der Waals surface area contributed by atoms with Crippen molar-refractivity contribution >= 4 is 56.8 Å². The first-order chi connectivity index (χ1) is 31.8. The Morgan fingerprint density at radius 2 is 1.12 bits per heavy atom. The second kappa shape index (κ2) is 26.7. The molecule has 2 atom stereocenters. The lowest BCUT2D eigenvalue weighted by Gasteiger charge is -2.16. The fraction of sp³-hybridized carbons (Fsp3) is 0.607. The van der Waals surface area contributed by atoms with Crippen LogP contribution in [0.4, 0.5) is 0 Å². The summed E-state index contributed by atoms with van der Waals surface area (Å²) < 4.78 is 13.5. The van der Waals surface area contributed by atoms with Crippen LogP contribution in [0.15, 0.2) is 18.2 Å². The summed E-state index contributed by atoms with van der Waals surface area (Å²) in [4.78, 5) is 42.2. The number of carboxylic acid groups (broad SMARTS) is 2. The second-order valence-corrected chi connectivity index (χ2v) is 19.0. The van der Waals surface area contributed by atoms with Gasteiger partial charge in [-0.15, -0.1) is 0 Å². The average molecular weight is 907 g/mol. The minimum absolute atomic E-state index is 0.0372. The van der Waals surface area contributed by atoms with Gasteiger partial charge >= 0.3 is 11.9 Å². The molecule has 66 heavy (non-hydrogen) atoms. The Hall–Kier alpha value is -4.54. The number of aryl methyl sites for hydroxylation is 3. The third-order valence-corrected chi connectivity index (χ3v) is 13.7. The highest BCUT2D eigenvalue weighted by molar-refractivity contribution is 5.94. The molecule has 0 saturated carbocycles. The molecule has 5 rings (SSSR count). The minimum atomic E-state index is -0.875. The fourth-order valence-electron chi connectivity index (χ4n) is 9.70. The zero-order valence-corrected chi connectivity index (χ0v) is 41.9. The Balaban J connectivity index is 1.65. The van der Waals surface area contributed by atoms with E-state index in [0.29, 0.717) is 31.7 Å². The number of carbonyl (C=O) groups is 2. The number of allylic oxidation sites excluding steroid dienone is 3. The predicted octanol–water partition coefficient (Wildman–Crippen LogP) is 15.5. The van der Waals surface area contributed by atoms with Crippen LogP contribution >= 0.6 is 0 Å². The van der Waals surface area contributed by atoms with Gasteiger partial charge in [-0.05, 0) is 125 Å². The van der Waals surface area contributed by atoms with E-state index in [0.717, 1.165) is 109 Å². The van der Waals surface area contributed by atoms with Gasteiger partial charge in [0.2, 0.25) is 0 Å². The van der Waals surface area contributed by atoms with Gasteiger partial charge in [0.15, 0.2) is 0 Å². The quantitative estimate of drug-likeness (QED) is 0.0483. The molecular formula is C56H82N4O6. The van der Waals surface area contributed by atoms with Gasteiger partial charge in [0.1, 0.15) is 0 Å². The highest BCUT2D eigenvalue weighted by Crippen LogP contribution is 2.39. The third-order valence-electron chi connectivity index (χ3n) is 13.7. The molecule has 4 N–H and O–H groups in total. The first kappa shape index (κ1) is 52.4. The number of aliphatic carboxylic acids is 2. The summed E-state index contributed by atoms with van der Waals surface area (Å²) in [6.07, 6.45) is 24.4. The summed E-state index contributed by atoms with van der Waals surface area (Å²) in [5.74, 6) is -1.75. The van der Waals surface area contributed by atoms with Gasteiger partial charge in [-0.1, -0.05) is 117 Å². The third kappa shape index (κ3) is 14.7. The molecule has 362 valence electrons. The number of fused-ring (bicyclic) bond motifs is 8. The maximum atomic E-state index is 12.1. The molecule has 0 aromatic carbocycles. The van der Waals surface area contributed by atoms with Crippen molar-refractivity contribution in [3.63, 3.8) is 0 Å². The van der Waals surface area contributed by atoms with Crippen LogP contribution in [-0.2, 0) is 25.5 Å². The fourth-order valence-corrected chi connectivity index (χ4v) is 9.70. The Morgan fingerprint density at radius 1 is 0.606 bits per heavy atom. The van der Waals surface area contributed by atoms with Gasteiger partial charge in [0, 0.05) is 59.2 Å². The Morgan fingerprint density at radius 3 is 1.68 bits per heavy atom. The van der Waals surface area contributed by atoms with Gasteiger partial charge in [0.05, 0.1) is 35.0 Å². The largest absolute Gasteiger partial charge is 0.481 e. The normalized spacial score (nSPS) is 13.7. The van der Waals surface area contributed by atoms with E-state index in [1.165, 1.54) is 89.9 Å². The highest BCUT2D eigenvalue weighted by Gasteiger charge is 2.26. The predicted molar refractivity (Wildman–Crippen MR) is 273 cm³/mol. The Kier molecular flexibility index (Phi) is 21.2. The van der Waals surface area contributed by atoms with Crippen LogP contribution in [0, 0.1) is 13.8 Å². The molecule has 2 aliphatic rings. The molecule has 10 heteroatoms. The number of nitrogens with zero attached hydrogens (tertiary/aromatic N) is 2. The lowest BCUT2D eigenvalue weighted by Crippen LogP contribution is -2.06. The van der Waals surface area contributed by atoms with E-state index < -0.39 is 11.9 Å². The van der Waals surface area contributed by atoms with Crippen molar-refractivity contribution < 1.29 is 29.3 Å². The van der Waals surface area contributed by atoms with Gasteiger partial charge in [0.25, 0.3) is 0 Å². The van der Waals surface area contributed by atoms with Gasteiger partial charge in [-0.3, -0.25) is 9.59 Å². The monoisotopic (exact) mass is 907 g/mol. The van der Waals surface area contributed by atoms with Crippen molar-refractivity contribution in [1.82, 2.24) is 19.9 Å². The number of nitrogens with one attached hydrogen (secondary N) is 2. The number of carboxylic acids is 2. The lowest BCUT2D eigenvalue weighted by molar-refractivity contribution is -0.137. The van der Waals surface area contributed by atoms with E-state index >= 15 is 0 Å². The van der Waals surface area contributed by atoms with Gasteiger partial charge in [-0.25, -0.2) is 9.97 Å². The smallest absolute Gasteiger partial charge is 0.303 e. The summed E-state index contributed by atoms with van der Waals surface area (Å²) in [6, 6.07) is 6.21. The number of unbranched alkanes of at least 4 members (excludes halogenated alkanes) is 16. The van der Waals surface area contributed by atoms with Crippen molar-refractivity contribution in [2.75, 3.05) is 13.2 Å². The van der Waals surface area contributed by atoms with Crippen molar-refractivity contribution in [2.45, 2.75) is 209 Å². The van der Waals surface area contributed by atoms with Gasteiger partial charge < -0.3 is 29.7 Å². The number of hydrogen-bond donors (Lipinski definition) is 4. The molecule has 3 aromatic heterocycles. The number of aromatic nitrogens is 4. The summed E-state index contributed by atoms with van der Waals surface area (Å²) in [5, 5.41) is 19.7. The number of aromatic amines is 2. The average Bonchev–Trinajstić information content (AvgIpc) is 4.00. The first-order valence-electron chi connectivity index (χ1n) is 25.7. The highest BCUT2D eigenvalue weighted by atomic mass is 16.5. The SMILES string of the molecule is CCCCCCCCCCCOC(C)c1c2nc(c(C(C)OCCCCCCCCCCC)c3[nH]c(cc4nc(cc5[nH]c1cc5C)C(C)=C4CCC(=O)O)c(CCC(=O)O)c3C)C=C2C. The molecule has 0 fully saturated rings. The number of H-pyrrole nitrogens is 2. The van der Waals surface area contributed by atoms with E-state index in [1.54, 1.807) is 0 Å². The van der Waals surface area contributed by atoms with Crippen LogP contribution < -0.4 is 0 Å². The lowest BCUT2D eigenvalue weighted by atomic mass is 9.99. The van der Waals surface area contributed by atoms with Crippen molar-refractivity contribution in [1.29, 1.82) is 0 Å². The molecule has 0 spiro atoms. The van der Waals surface area contributed by atoms with Crippen LogP contribution in [0.1, 0.15) is 239 Å². The molecule has 8 bridgehead atoms. The van der Waals surface area contributed by atoms with Crippen molar-refractivity contribution in [3.8, 4) is 0 Å². The van der Waals surface area contributed by atoms with E-state index in [4.69, 9.17) is 19.4 Å². The van der Waals surface area contributed by atoms with E-state index in [-0.39, 0.29) is 25.0 Å². The Labute approximate surface area is 395 Å². The summed E-state index contributed by atoms with van der Waals surface area (Å²) in [6.45, 7) is 18.3.